The van der Waals surface area contributed by atoms with Gasteiger partial charge in [-0.3, -0.25) is 14.9 Å². The van der Waals surface area contributed by atoms with Gasteiger partial charge in [0, 0.05) is 23.9 Å². The maximum Gasteiger partial charge on any atom is 0.257 e. The molecule has 0 fully saturated rings. The van der Waals surface area contributed by atoms with E-state index in [0.29, 0.717) is 16.9 Å². The van der Waals surface area contributed by atoms with Gasteiger partial charge < -0.3 is 16.0 Å². The number of benzene rings is 2. The molecule has 4 N–H and O–H groups in total. The summed E-state index contributed by atoms with van der Waals surface area (Å²) in [5.74, 6) is -0.517. The number of amides is 2. The summed E-state index contributed by atoms with van der Waals surface area (Å²) in [7, 11) is 0. The van der Waals surface area contributed by atoms with Gasteiger partial charge in [-0.2, -0.15) is 0 Å². The van der Waals surface area contributed by atoms with Gasteiger partial charge in [-0.1, -0.05) is 17.7 Å². The lowest BCUT2D eigenvalue weighted by molar-refractivity contribution is -0.117. The van der Waals surface area contributed by atoms with Crippen LogP contribution in [-0.4, -0.2) is 22.0 Å². The Morgan fingerprint density at radius 2 is 1.23 bits per heavy atom. The normalized spacial score (nSPS) is 9.77. The van der Waals surface area contributed by atoms with Crippen LogP contribution in [0, 0.1) is 6.92 Å². The maximum atomic E-state index is 12.1. The molecule has 0 saturated carbocycles. The SMILES string of the molecule is CC(=O)NC(=S)Nc1ccc(NC(=S)NC(=O)c2ccc(C)cc2)cc1. The number of carbonyl (C=O) groups is 2. The fourth-order valence-electron chi connectivity index (χ4n) is 2.00. The molecule has 2 aromatic carbocycles. The maximum absolute atomic E-state index is 12.1. The number of aryl methyl sites for hydroxylation is 1. The van der Waals surface area contributed by atoms with Crippen LogP contribution in [0.15, 0.2) is 48.5 Å². The summed E-state index contributed by atoms with van der Waals surface area (Å²) < 4.78 is 0. The lowest BCUT2D eigenvalue weighted by atomic mass is 10.1. The Bertz CT molecular complexity index is 833. The summed E-state index contributed by atoms with van der Waals surface area (Å²) in [4.78, 5) is 23.1. The van der Waals surface area contributed by atoms with E-state index < -0.39 is 0 Å². The lowest BCUT2D eigenvalue weighted by Gasteiger charge is -2.11. The average molecular weight is 387 g/mol. The number of anilines is 2. The third kappa shape index (κ3) is 6.23. The molecule has 0 atom stereocenters. The molecule has 134 valence electrons. The zero-order valence-corrected chi connectivity index (χ0v) is 15.9. The molecule has 0 heterocycles. The zero-order valence-electron chi connectivity index (χ0n) is 14.3. The first kappa shape index (κ1) is 19.5. The van der Waals surface area contributed by atoms with Crippen molar-refractivity contribution >= 4 is 57.8 Å². The van der Waals surface area contributed by atoms with Crippen LogP contribution in [0.4, 0.5) is 11.4 Å². The van der Waals surface area contributed by atoms with Gasteiger partial charge in [-0.15, -0.1) is 0 Å². The summed E-state index contributed by atoms with van der Waals surface area (Å²) in [6, 6.07) is 14.3. The van der Waals surface area contributed by atoms with Gasteiger partial charge in [-0.05, 0) is 67.8 Å². The van der Waals surface area contributed by atoms with Crippen LogP contribution in [0.1, 0.15) is 22.8 Å². The van der Waals surface area contributed by atoms with Crippen LogP contribution >= 0.6 is 24.4 Å². The molecule has 0 aliphatic heterocycles. The van der Waals surface area contributed by atoms with Gasteiger partial charge in [0.1, 0.15) is 0 Å². The van der Waals surface area contributed by atoms with E-state index in [2.05, 4.69) is 21.3 Å². The van der Waals surface area contributed by atoms with Crippen molar-refractivity contribution in [1.29, 1.82) is 0 Å². The fraction of sp³-hybridized carbons (Fsp3) is 0.111. The first-order valence-corrected chi connectivity index (χ1v) is 8.53. The average Bonchev–Trinajstić information content (AvgIpc) is 2.56. The van der Waals surface area contributed by atoms with Crippen molar-refractivity contribution in [3.05, 3.63) is 59.7 Å². The third-order valence-corrected chi connectivity index (χ3v) is 3.64. The predicted molar refractivity (Wildman–Crippen MR) is 111 cm³/mol. The minimum absolute atomic E-state index is 0.199. The number of nitrogens with one attached hydrogen (secondary N) is 4. The summed E-state index contributed by atoms with van der Waals surface area (Å²) in [5.41, 5.74) is 3.03. The second-order valence-electron chi connectivity index (χ2n) is 5.49. The molecule has 0 unspecified atom stereocenters. The quantitative estimate of drug-likeness (QED) is 0.607. The van der Waals surface area contributed by atoms with Crippen LogP contribution in [0.25, 0.3) is 0 Å². The molecule has 0 bridgehead atoms. The highest BCUT2D eigenvalue weighted by Gasteiger charge is 2.08. The van der Waals surface area contributed by atoms with Crippen molar-refractivity contribution in [3.63, 3.8) is 0 Å². The molecule has 0 radical (unpaired) electrons. The van der Waals surface area contributed by atoms with E-state index in [9.17, 15) is 9.59 Å². The number of rotatable bonds is 3. The van der Waals surface area contributed by atoms with Gasteiger partial charge >= 0.3 is 0 Å². The standard InChI is InChI=1S/C18H18N4O2S2/c1-11-3-5-13(6-4-11)16(24)22-18(26)21-15-9-7-14(8-10-15)20-17(25)19-12(2)23/h3-10H,1-2H3,(H2,19,20,23,25)(H2,21,22,24,26). The Morgan fingerprint density at radius 3 is 1.69 bits per heavy atom. The lowest BCUT2D eigenvalue weighted by Crippen LogP contribution is -2.34. The second-order valence-corrected chi connectivity index (χ2v) is 6.30. The number of hydrogen-bond donors (Lipinski definition) is 4. The molecular weight excluding hydrogens is 368 g/mol. The number of carbonyl (C=O) groups excluding carboxylic acids is 2. The minimum atomic E-state index is -0.276. The smallest absolute Gasteiger partial charge is 0.257 e. The van der Waals surface area contributed by atoms with E-state index in [0.717, 1.165) is 5.56 Å². The zero-order chi connectivity index (χ0) is 19.1. The molecule has 6 nitrogen and oxygen atoms in total. The highest BCUT2D eigenvalue weighted by atomic mass is 32.1. The molecule has 0 saturated heterocycles. The van der Waals surface area contributed by atoms with E-state index in [-0.39, 0.29) is 22.0 Å². The van der Waals surface area contributed by atoms with Crippen molar-refractivity contribution in [1.82, 2.24) is 10.6 Å². The highest BCUT2D eigenvalue weighted by Crippen LogP contribution is 2.13. The van der Waals surface area contributed by atoms with Crippen LogP contribution in [0.2, 0.25) is 0 Å². The van der Waals surface area contributed by atoms with E-state index in [1.807, 2.05) is 19.1 Å². The topological polar surface area (TPSA) is 82.3 Å². The second kappa shape index (κ2) is 9.02. The van der Waals surface area contributed by atoms with Gasteiger partial charge in [-0.25, -0.2) is 0 Å². The predicted octanol–water partition coefficient (Wildman–Crippen LogP) is 2.95. The Morgan fingerprint density at radius 1 is 0.769 bits per heavy atom. The molecule has 2 aromatic rings. The largest absolute Gasteiger partial charge is 0.332 e. The van der Waals surface area contributed by atoms with Gasteiger partial charge in [0.2, 0.25) is 5.91 Å². The Labute approximate surface area is 162 Å². The molecule has 2 rings (SSSR count). The minimum Gasteiger partial charge on any atom is -0.332 e. The van der Waals surface area contributed by atoms with Crippen LogP contribution in [0.5, 0.6) is 0 Å². The molecule has 0 spiro atoms. The van der Waals surface area contributed by atoms with Crippen LogP contribution < -0.4 is 21.3 Å². The summed E-state index contributed by atoms with van der Waals surface area (Å²) in [5, 5.41) is 11.3. The van der Waals surface area contributed by atoms with Crippen molar-refractivity contribution in [2.24, 2.45) is 0 Å². The van der Waals surface area contributed by atoms with Crippen LogP contribution in [-0.2, 0) is 4.79 Å². The van der Waals surface area contributed by atoms with Crippen molar-refractivity contribution in [3.8, 4) is 0 Å². The third-order valence-electron chi connectivity index (χ3n) is 3.23. The molecule has 0 aromatic heterocycles. The first-order chi connectivity index (χ1) is 12.3. The van der Waals surface area contributed by atoms with Crippen LogP contribution in [0.3, 0.4) is 0 Å². The van der Waals surface area contributed by atoms with E-state index in [1.54, 1.807) is 36.4 Å². The van der Waals surface area contributed by atoms with E-state index in [1.165, 1.54) is 6.92 Å². The Balaban J connectivity index is 1.88. The first-order valence-electron chi connectivity index (χ1n) is 7.71. The van der Waals surface area contributed by atoms with Crippen molar-refractivity contribution in [2.45, 2.75) is 13.8 Å². The molecular formula is C18H18N4O2S2. The highest BCUT2D eigenvalue weighted by molar-refractivity contribution is 7.80. The molecule has 8 heteroatoms. The monoisotopic (exact) mass is 386 g/mol. The fourth-order valence-corrected chi connectivity index (χ4v) is 2.47. The molecule has 0 aliphatic rings. The molecule has 2 amide bonds. The summed E-state index contributed by atoms with van der Waals surface area (Å²) in [6.07, 6.45) is 0. The van der Waals surface area contributed by atoms with Gasteiger partial charge in [0.15, 0.2) is 10.2 Å². The number of thiocarbonyl (C=S) groups is 2. The van der Waals surface area contributed by atoms with Gasteiger partial charge in [0.25, 0.3) is 5.91 Å². The number of hydrogen-bond acceptors (Lipinski definition) is 4. The molecule has 0 aliphatic carbocycles. The van der Waals surface area contributed by atoms with Crippen molar-refractivity contribution < 1.29 is 9.59 Å². The van der Waals surface area contributed by atoms with Crippen molar-refractivity contribution in [2.75, 3.05) is 10.6 Å². The Hall–Kier alpha value is -2.84. The van der Waals surface area contributed by atoms with E-state index >= 15 is 0 Å². The van der Waals surface area contributed by atoms with Gasteiger partial charge in [0.05, 0.1) is 0 Å². The van der Waals surface area contributed by atoms with E-state index in [4.69, 9.17) is 24.4 Å². The Kier molecular flexibility index (Phi) is 6.76. The molecule has 26 heavy (non-hydrogen) atoms. The summed E-state index contributed by atoms with van der Waals surface area (Å²) in [6.45, 7) is 3.34. The summed E-state index contributed by atoms with van der Waals surface area (Å²) >= 11 is 10.2.